The Hall–Kier alpha value is -5.37. The van der Waals surface area contributed by atoms with Gasteiger partial charge >= 0.3 is 12.1 Å². The predicted octanol–water partition coefficient (Wildman–Crippen LogP) is 3.16. The van der Waals surface area contributed by atoms with Crippen molar-refractivity contribution in [2.75, 3.05) is 32.6 Å². The zero-order chi connectivity index (χ0) is 35.7. The highest BCUT2D eigenvalue weighted by Crippen LogP contribution is 2.58. The maximum absolute atomic E-state index is 14.7. The van der Waals surface area contributed by atoms with Gasteiger partial charge in [0, 0.05) is 49.6 Å². The number of amides is 3. The number of carbonyl (C=O) groups is 4. The lowest BCUT2D eigenvalue weighted by atomic mass is 9.86. The minimum absolute atomic E-state index is 0.00291. The lowest BCUT2D eigenvalue weighted by molar-refractivity contribution is -0.157. The van der Waals surface area contributed by atoms with E-state index >= 15 is 0 Å². The number of likely N-dealkylation sites (tertiary alicyclic amines) is 1. The number of sulfonamides is 1. The number of hydrogen-bond donors (Lipinski definition) is 0. The van der Waals surface area contributed by atoms with Gasteiger partial charge in [-0.05, 0) is 36.8 Å². The molecule has 3 aliphatic rings. The first-order valence-corrected chi connectivity index (χ1v) is 17.6. The number of rotatable bonds is 6. The summed E-state index contributed by atoms with van der Waals surface area (Å²) in [5, 5.41) is 0.767. The molecule has 0 unspecified atom stereocenters. The van der Waals surface area contributed by atoms with Crippen LogP contribution in [0.3, 0.4) is 0 Å². The van der Waals surface area contributed by atoms with Crippen LogP contribution in [0.2, 0.25) is 0 Å². The van der Waals surface area contributed by atoms with E-state index in [1.165, 1.54) is 40.5 Å². The molecule has 3 aromatic carbocycles. The highest BCUT2D eigenvalue weighted by atomic mass is 32.2. The third kappa shape index (κ3) is 4.54. The van der Waals surface area contributed by atoms with Crippen molar-refractivity contribution in [1.82, 2.24) is 19.3 Å². The zero-order valence-corrected chi connectivity index (χ0v) is 29.0. The molecule has 1 aromatic heterocycles. The summed E-state index contributed by atoms with van der Waals surface area (Å²) in [5.74, 6) is -1.13. The Morgan fingerprint density at radius 1 is 0.860 bits per heavy atom. The van der Waals surface area contributed by atoms with Gasteiger partial charge in [0.05, 0.1) is 24.8 Å². The molecule has 0 saturated carbocycles. The Labute approximate surface area is 289 Å². The highest BCUT2D eigenvalue weighted by molar-refractivity contribution is 7.92. The van der Waals surface area contributed by atoms with Gasteiger partial charge < -0.3 is 23.8 Å². The van der Waals surface area contributed by atoms with Crippen LogP contribution in [0.5, 0.6) is 0 Å². The van der Waals surface area contributed by atoms with Crippen LogP contribution in [-0.2, 0) is 45.8 Å². The van der Waals surface area contributed by atoms with Gasteiger partial charge in [-0.1, -0.05) is 54.6 Å². The largest absolute Gasteiger partial charge is 0.467 e. The molecule has 3 amide bonds. The lowest BCUT2D eigenvalue weighted by Gasteiger charge is -2.40. The van der Waals surface area contributed by atoms with Crippen molar-refractivity contribution in [3.05, 3.63) is 96.2 Å². The van der Waals surface area contributed by atoms with Gasteiger partial charge in [-0.2, -0.15) is 0 Å². The molecule has 4 heterocycles. The lowest BCUT2D eigenvalue weighted by Crippen LogP contribution is -2.62. The van der Waals surface area contributed by atoms with Crippen LogP contribution in [0.25, 0.3) is 10.9 Å². The molecule has 2 saturated heterocycles. The highest BCUT2D eigenvalue weighted by Gasteiger charge is 2.68. The molecule has 5 atom stereocenters. The predicted molar refractivity (Wildman–Crippen MR) is 183 cm³/mol. The standard InChI is InChI=1S/C36H37N5O8S/c1-22-31(42)38(3)29(32(43)37(22)2)19-23-21-39(27-17-11-9-15-25(23)27)36-20-30(33(44)48-4)40(35(45)49-5)34(36)41(28-18-12-10-16-26(28)36)50(46,47)24-13-7-6-8-14-24/h6-18,21-22,29-30,34H,19-20H2,1-5H3/t22-,29-,30-,34-,36-/m0/s1. The molecule has 13 nitrogen and oxygen atoms in total. The topological polar surface area (TPSA) is 139 Å². The Morgan fingerprint density at radius 3 is 2.22 bits per heavy atom. The van der Waals surface area contributed by atoms with Crippen molar-refractivity contribution in [3.8, 4) is 0 Å². The van der Waals surface area contributed by atoms with Crippen molar-refractivity contribution in [2.45, 2.75) is 54.5 Å². The maximum Gasteiger partial charge on any atom is 0.412 e. The number of nitrogens with zero attached hydrogens (tertiary/aromatic N) is 5. The third-order valence-electron chi connectivity index (χ3n) is 10.5. The maximum atomic E-state index is 14.7. The molecular formula is C36H37N5O8S. The summed E-state index contributed by atoms with van der Waals surface area (Å²) >= 11 is 0. The van der Waals surface area contributed by atoms with E-state index in [9.17, 15) is 27.6 Å². The third-order valence-corrected chi connectivity index (χ3v) is 12.3. The van der Waals surface area contributed by atoms with Gasteiger partial charge in [-0.25, -0.2) is 22.3 Å². The summed E-state index contributed by atoms with van der Waals surface area (Å²) < 4.78 is 43.1. The van der Waals surface area contributed by atoms with Gasteiger partial charge in [-0.15, -0.1) is 0 Å². The molecule has 0 aliphatic carbocycles. The molecule has 0 radical (unpaired) electrons. The van der Waals surface area contributed by atoms with Crippen molar-refractivity contribution in [3.63, 3.8) is 0 Å². The SMILES string of the molecule is COC(=O)[C@@H]1C[C@]2(n3cc(C[C@H]4C(=O)N(C)[C@@H](C)C(=O)N4C)c4ccccc43)c3ccccc3N(S(=O)(=O)c3ccccc3)[C@@H]2N1C(=O)OC. The zero-order valence-electron chi connectivity index (χ0n) is 28.2. The van der Waals surface area contributed by atoms with Crippen LogP contribution in [-0.4, -0.2) is 104 Å². The van der Waals surface area contributed by atoms with E-state index in [-0.39, 0.29) is 29.6 Å². The normalized spacial score (nSPS) is 24.8. The molecule has 4 aromatic rings. The monoisotopic (exact) mass is 699 g/mol. The van der Waals surface area contributed by atoms with Crippen LogP contribution in [0.15, 0.2) is 90.0 Å². The average Bonchev–Trinajstić information content (AvgIpc) is 3.77. The van der Waals surface area contributed by atoms with Crippen LogP contribution in [0.1, 0.15) is 24.5 Å². The minimum atomic E-state index is -4.36. The van der Waals surface area contributed by atoms with Crippen molar-refractivity contribution in [1.29, 1.82) is 0 Å². The second-order valence-electron chi connectivity index (χ2n) is 12.9. The first kappa shape index (κ1) is 33.1. The first-order valence-electron chi connectivity index (χ1n) is 16.2. The number of carbonyl (C=O) groups excluding carboxylic acids is 4. The number of esters is 1. The first-order chi connectivity index (χ1) is 23.9. The number of ether oxygens (including phenoxy) is 2. The molecule has 0 spiro atoms. The van der Waals surface area contributed by atoms with Crippen molar-refractivity contribution in [2.24, 2.45) is 0 Å². The molecule has 2 fully saturated rings. The summed E-state index contributed by atoms with van der Waals surface area (Å²) in [5.41, 5.74) is 0.915. The van der Waals surface area contributed by atoms with Crippen LogP contribution in [0, 0.1) is 0 Å². The summed E-state index contributed by atoms with van der Waals surface area (Å²) in [7, 11) is 1.26. The number of aromatic nitrogens is 1. The number of para-hydroxylation sites is 2. The van der Waals surface area contributed by atoms with Gasteiger partial charge in [0.2, 0.25) is 11.8 Å². The quantitative estimate of drug-likeness (QED) is 0.280. The van der Waals surface area contributed by atoms with E-state index in [2.05, 4.69) is 0 Å². The van der Waals surface area contributed by atoms with E-state index in [1.807, 2.05) is 35.0 Å². The summed E-state index contributed by atoms with van der Waals surface area (Å²) in [6.07, 6.45) is -0.267. The van der Waals surface area contributed by atoms with Crippen molar-refractivity contribution >= 4 is 50.5 Å². The number of likely N-dealkylation sites (N-methyl/N-ethyl adjacent to an activating group) is 2. The Morgan fingerprint density at radius 2 is 1.52 bits per heavy atom. The van der Waals surface area contributed by atoms with Crippen LogP contribution in [0.4, 0.5) is 10.5 Å². The van der Waals surface area contributed by atoms with E-state index < -0.39 is 51.9 Å². The number of fused-ring (bicyclic) bond motifs is 4. The second kappa shape index (κ2) is 11.9. The number of piperazine rings is 1. The fourth-order valence-corrected chi connectivity index (χ4v) is 9.67. The molecular weight excluding hydrogens is 662 g/mol. The molecule has 0 bridgehead atoms. The Balaban J connectivity index is 1.50. The Kier molecular flexibility index (Phi) is 7.89. The smallest absolute Gasteiger partial charge is 0.412 e. The number of methoxy groups -OCH3 is 2. The summed E-state index contributed by atoms with van der Waals surface area (Å²) in [6.45, 7) is 1.69. The molecule has 260 valence electrons. The van der Waals surface area contributed by atoms with Gasteiger partial charge in [-0.3, -0.25) is 14.5 Å². The molecule has 0 N–H and O–H groups in total. The van der Waals surface area contributed by atoms with Gasteiger partial charge in [0.25, 0.3) is 10.0 Å². The molecule has 3 aliphatic heterocycles. The Bertz CT molecular complexity index is 2150. The van der Waals surface area contributed by atoms with Gasteiger partial charge in [0.1, 0.15) is 23.7 Å². The molecule has 14 heteroatoms. The van der Waals surface area contributed by atoms with Crippen molar-refractivity contribution < 1.29 is 37.1 Å². The molecule has 50 heavy (non-hydrogen) atoms. The second-order valence-corrected chi connectivity index (χ2v) is 14.7. The van der Waals surface area contributed by atoms with Crippen LogP contribution < -0.4 is 4.31 Å². The number of hydrogen-bond acceptors (Lipinski definition) is 8. The van der Waals surface area contributed by atoms with E-state index in [0.29, 0.717) is 16.8 Å². The summed E-state index contributed by atoms with van der Waals surface area (Å²) in [6, 6.07) is 19.7. The molecule has 7 rings (SSSR count). The van der Waals surface area contributed by atoms with E-state index in [1.54, 1.807) is 63.5 Å². The summed E-state index contributed by atoms with van der Waals surface area (Å²) in [4.78, 5) is 58.1. The fraction of sp³-hybridized carbons (Fsp3) is 0.333. The van der Waals surface area contributed by atoms with E-state index in [0.717, 1.165) is 15.8 Å². The van der Waals surface area contributed by atoms with E-state index in [4.69, 9.17) is 9.47 Å². The fourth-order valence-electron chi connectivity index (χ4n) is 7.98. The average molecular weight is 700 g/mol. The van der Waals surface area contributed by atoms with Gasteiger partial charge in [0.15, 0.2) is 6.17 Å². The number of anilines is 1. The minimum Gasteiger partial charge on any atom is -0.467 e. The number of benzene rings is 3. The van der Waals surface area contributed by atoms with Crippen LogP contribution >= 0.6 is 0 Å².